The van der Waals surface area contributed by atoms with E-state index in [4.69, 9.17) is 4.74 Å². The quantitative estimate of drug-likeness (QED) is 0.727. The SMILES string of the molecule is CCN(Cc1ccccc1)C(=O)C1CC1C(=O)NCCc1ccccc1OC. The third-order valence-corrected chi connectivity index (χ3v) is 5.24. The van der Waals surface area contributed by atoms with Crippen LogP contribution in [0.15, 0.2) is 54.6 Å². The summed E-state index contributed by atoms with van der Waals surface area (Å²) in [7, 11) is 1.65. The van der Waals surface area contributed by atoms with Crippen LogP contribution in [-0.2, 0) is 22.6 Å². The number of nitrogens with zero attached hydrogens (tertiary/aromatic N) is 1. The van der Waals surface area contributed by atoms with Crippen LogP contribution in [0, 0.1) is 11.8 Å². The molecule has 0 bridgehead atoms. The molecule has 0 aliphatic heterocycles. The molecule has 0 saturated heterocycles. The summed E-state index contributed by atoms with van der Waals surface area (Å²) in [4.78, 5) is 27.0. The molecule has 1 aliphatic rings. The first-order valence-corrected chi connectivity index (χ1v) is 9.86. The number of ether oxygens (including phenoxy) is 1. The van der Waals surface area contributed by atoms with Gasteiger partial charge in [-0.1, -0.05) is 48.5 Å². The normalized spacial score (nSPS) is 17.6. The third-order valence-electron chi connectivity index (χ3n) is 5.24. The van der Waals surface area contributed by atoms with E-state index >= 15 is 0 Å². The van der Waals surface area contributed by atoms with Gasteiger partial charge in [-0.25, -0.2) is 0 Å². The predicted molar refractivity (Wildman–Crippen MR) is 109 cm³/mol. The summed E-state index contributed by atoms with van der Waals surface area (Å²) in [6.45, 7) is 3.75. The van der Waals surface area contributed by atoms with Gasteiger partial charge in [0.15, 0.2) is 0 Å². The summed E-state index contributed by atoms with van der Waals surface area (Å²) in [5.74, 6) is 0.501. The molecule has 1 N–H and O–H groups in total. The molecule has 5 heteroatoms. The van der Waals surface area contributed by atoms with Gasteiger partial charge in [-0.05, 0) is 37.0 Å². The van der Waals surface area contributed by atoms with Gasteiger partial charge < -0.3 is 15.0 Å². The predicted octanol–water partition coefficient (Wildman–Crippen LogP) is 3.04. The highest BCUT2D eigenvalue weighted by atomic mass is 16.5. The molecule has 2 aromatic carbocycles. The van der Waals surface area contributed by atoms with E-state index in [1.165, 1.54) is 0 Å². The van der Waals surface area contributed by atoms with Crippen LogP contribution in [0.3, 0.4) is 0 Å². The molecule has 0 spiro atoms. The molecule has 3 rings (SSSR count). The van der Waals surface area contributed by atoms with Gasteiger partial charge in [0.1, 0.15) is 5.75 Å². The Balaban J connectivity index is 1.47. The van der Waals surface area contributed by atoms with Crippen molar-refractivity contribution in [2.45, 2.75) is 26.3 Å². The number of rotatable bonds is 9. The maximum absolute atomic E-state index is 12.8. The summed E-state index contributed by atoms with van der Waals surface area (Å²) in [5, 5.41) is 2.97. The van der Waals surface area contributed by atoms with Crippen LogP contribution in [0.5, 0.6) is 5.75 Å². The second-order valence-electron chi connectivity index (χ2n) is 7.14. The maximum atomic E-state index is 12.8. The number of benzene rings is 2. The Kier molecular flexibility index (Phi) is 6.69. The van der Waals surface area contributed by atoms with Crippen LogP contribution in [0.4, 0.5) is 0 Å². The largest absolute Gasteiger partial charge is 0.496 e. The first kappa shape index (κ1) is 19.9. The van der Waals surface area contributed by atoms with Crippen molar-refractivity contribution >= 4 is 11.8 Å². The summed E-state index contributed by atoms with van der Waals surface area (Å²) in [5.41, 5.74) is 2.17. The molecule has 1 saturated carbocycles. The highest BCUT2D eigenvalue weighted by Gasteiger charge is 2.49. The van der Waals surface area contributed by atoms with Crippen LogP contribution in [0.2, 0.25) is 0 Å². The maximum Gasteiger partial charge on any atom is 0.226 e. The van der Waals surface area contributed by atoms with Crippen LogP contribution < -0.4 is 10.1 Å². The minimum Gasteiger partial charge on any atom is -0.496 e. The van der Waals surface area contributed by atoms with Crippen LogP contribution >= 0.6 is 0 Å². The van der Waals surface area contributed by atoms with E-state index in [-0.39, 0.29) is 23.7 Å². The van der Waals surface area contributed by atoms with Crippen molar-refractivity contribution in [2.24, 2.45) is 11.8 Å². The Morgan fingerprint density at radius 2 is 1.79 bits per heavy atom. The number of carbonyl (C=O) groups excluding carboxylic acids is 2. The fourth-order valence-corrected chi connectivity index (χ4v) is 3.50. The summed E-state index contributed by atoms with van der Waals surface area (Å²) >= 11 is 0. The van der Waals surface area contributed by atoms with Gasteiger partial charge in [-0.15, -0.1) is 0 Å². The van der Waals surface area contributed by atoms with E-state index in [0.717, 1.165) is 16.9 Å². The lowest BCUT2D eigenvalue weighted by Crippen LogP contribution is -2.34. The number of para-hydroxylation sites is 1. The average molecular weight is 380 g/mol. The Hall–Kier alpha value is -2.82. The smallest absolute Gasteiger partial charge is 0.226 e. The topological polar surface area (TPSA) is 58.6 Å². The molecule has 2 amide bonds. The lowest BCUT2D eigenvalue weighted by molar-refractivity contribution is -0.135. The molecule has 1 aliphatic carbocycles. The summed E-state index contributed by atoms with van der Waals surface area (Å²) in [6.07, 6.45) is 1.35. The van der Waals surface area contributed by atoms with Crippen molar-refractivity contribution in [1.29, 1.82) is 0 Å². The number of hydrogen-bond acceptors (Lipinski definition) is 3. The molecular weight excluding hydrogens is 352 g/mol. The molecule has 2 aromatic rings. The third kappa shape index (κ3) is 4.91. The highest BCUT2D eigenvalue weighted by Crippen LogP contribution is 2.40. The molecular formula is C23H28N2O3. The first-order chi connectivity index (χ1) is 13.6. The number of hydrogen-bond donors (Lipinski definition) is 1. The molecule has 2 atom stereocenters. The van der Waals surface area contributed by atoms with Gasteiger partial charge >= 0.3 is 0 Å². The minimum absolute atomic E-state index is 0.0241. The zero-order valence-corrected chi connectivity index (χ0v) is 16.6. The van der Waals surface area contributed by atoms with E-state index in [1.807, 2.05) is 66.4 Å². The van der Waals surface area contributed by atoms with E-state index in [9.17, 15) is 9.59 Å². The van der Waals surface area contributed by atoms with Crippen LogP contribution in [0.25, 0.3) is 0 Å². The molecule has 28 heavy (non-hydrogen) atoms. The monoisotopic (exact) mass is 380 g/mol. The highest BCUT2D eigenvalue weighted by molar-refractivity contribution is 5.92. The number of carbonyl (C=O) groups is 2. The van der Waals surface area contributed by atoms with E-state index in [2.05, 4.69) is 5.32 Å². The van der Waals surface area contributed by atoms with E-state index in [1.54, 1.807) is 7.11 Å². The molecule has 1 fully saturated rings. The Labute approximate surface area is 166 Å². The summed E-state index contributed by atoms with van der Waals surface area (Å²) < 4.78 is 5.34. The summed E-state index contributed by atoms with van der Waals surface area (Å²) in [6, 6.07) is 17.8. The molecule has 5 nitrogen and oxygen atoms in total. The van der Waals surface area contributed by atoms with Gasteiger partial charge in [-0.3, -0.25) is 9.59 Å². The van der Waals surface area contributed by atoms with Gasteiger partial charge in [0.25, 0.3) is 0 Å². The van der Waals surface area contributed by atoms with Crippen molar-refractivity contribution in [2.75, 3.05) is 20.2 Å². The zero-order valence-electron chi connectivity index (χ0n) is 16.6. The fraction of sp³-hybridized carbons (Fsp3) is 0.391. The Morgan fingerprint density at radius 3 is 2.50 bits per heavy atom. The second-order valence-corrected chi connectivity index (χ2v) is 7.14. The lowest BCUT2D eigenvalue weighted by atomic mass is 10.1. The number of amides is 2. The number of methoxy groups -OCH3 is 1. The molecule has 0 heterocycles. The van der Waals surface area contributed by atoms with Crippen LogP contribution in [-0.4, -0.2) is 36.9 Å². The van der Waals surface area contributed by atoms with Crippen LogP contribution in [0.1, 0.15) is 24.5 Å². The minimum atomic E-state index is -0.199. The molecule has 2 unspecified atom stereocenters. The van der Waals surface area contributed by atoms with Crippen molar-refractivity contribution < 1.29 is 14.3 Å². The Bertz CT molecular complexity index is 807. The van der Waals surface area contributed by atoms with Crippen molar-refractivity contribution in [3.8, 4) is 5.75 Å². The van der Waals surface area contributed by atoms with Gasteiger partial charge in [0, 0.05) is 19.6 Å². The Morgan fingerprint density at radius 1 is 1.07 bits per heavy atom. The zero-order chi connectivity index (χ0) is 19.9. The van der Waals surface area contributed by atoms with Crippen molar-refractivity contribution in [3.05, 3.63) is 65.7 Å². The van der Waals surface area contributed by atoms with Crippen molar-refractivity contribution in [1.82, 2.24) is 10.2 Å². The first-order valence-electron chi connectivity index (χ1n) is 9.86. The number of nitrogens with one attached hydrogen (secondary N) is 1. The second kappa shape index (κ2) is 9.40. The fourth-order valence-electron chi connectivity index (χ4n) is 3.50. The van der Waals surface area contributed by atoms with Gasteiger partial charge in [0.05, 0.1) is 18.9 Å². The van der Waals surface area contributed by atoms with Gasteiger partial charge in [0.2, 0.25) is 11.8 Å². The van der Waals surface area contributed by atoms with E-state index < -0.39 is 0 Å². The average Bonchev–Trinajstić information content (AvgIpc) is 3.53. The van der Waals surface area contributed by atoms with Gasteiger partial charge in [-0.2, -0.15) is 0 Å². The van der Waals surface area contributed by atoms with Crippen molar-refractivity contribution in [3.63, 3.8) is 0 Å². The van der Waals surface area contributed by atoms with E-state index in [0.29, 0.717) is 32.5 Å². The lowest BCUT2D eigenvalue weighted by Gasteiger charge is -2.21. The standard InChI is InChI=1S/C23H28N2O3/c1-3-25(16-17-9-5-4-6-10-17)23(27)20-15-19(20)22(26)24-14-13-18-11-7-8-12-21(18)28-2/h4-12,19-20H,3,13-16H2,1-2H3,(H,24,26). The molecule has 0 aromatic heterocycles. The molecule has 0 radical (unpaired) electrons. The molecule has 148 valence electrons.